The highest BCUT2D eigenvalue weighted by atomic mass is 16.3. The summed E-state index contributed by atoms with van der Waals surface area (Å²) >= 11 is 0. The zero-order chi connectivity index (χ0) is 12.3. The van der Waals surface area contributed by atoms with Crippen molar-refractivity contribution in [2.45, 2.75) is 25.0 Å². The summed E-state index contributed by atoms with van der Waals surface area (Å²) in [6, 6.07) is 0. The molecule has 17 heavy (non-hydrogen) atoms. The number of carbonyl (C=O) groups excluding carboxylic acids is 1. The van der Waals surface area contributed by atoms with Crippen LogP contribution in [0, 0.1) is 5.92 Å². The van der Waals surface area contributed by atoms with Gasteiger partial charge in [-0.1, -0.05) is 6.08 Å². The third kappa shape index (κ3) is 2.62. The lowest BCUT2D eigenvalue weighted by atomic mass is 10.0. The lowest BCUT2D eigenvalue weighted by molar-refractivity contribution is -0.106. The highest BCUT2D eigenvalue weighted by Gasteiger charge is 2.32. The zero-order valence-corrected chi connectivity index (χ0v) is 9.44. The predicted octanol–water partition coefficient (Wildman–Crippen LogP) is 0.0586. The normalized spacial score (nSPS) is 33.2. The van der Waals surface area contributed by atoms with Gasteiger partial charge in [-0.25, -0.2) is 0 Å². The van der Waals surface area contributed by atoms with Crippen LogP contribution in [0.5, 0.6) is 0 Å². The summed E-state index contributed by atoms with van der Waals surface area (Å²) in [5.74, 6) is -0.162. The van der Waals surface area contributed by atoms with E-state index in [1.807, 2.05) is 0 Å². The quantitative estimate of drug-likeness (QED) is 0.537. The van der Waals surface area contributed by atoms with Crippen molar-refractivity contribution >= 4 is 12.5 Å². The van der Waals surface area contributed by atoms with Crippen molar-refractivity contribution in [3.8, 4) is 0 Å². The van der Waals surface area contributed by atoms with Crippen LogP contribution in [0.2, 0.25) is 0 Å². The summed E-state index contributed by atoms with van der Waals surface area (Å²) in [5.41, 5.74) is 0.483. The molecule has 5 nitrogen and oxygen atoms in total. The first-order chi connectivity index (χ1) is 8.22. The van der Waals surface area contributed by atoms with Gasteiger partial charge in [0.05, 0.1) is 17.9 Å². The standard InChI is InChI=1S/C12H16N2O3/c15-7-10(14-5-1-4-13-8-14)6-9-2-3-11(16)12(9)17/h1,4-7,9,11-12,16-17H,2-3,8H2/b10-6+. The predicted molar refractivity (Wildman–Crippen MR) is 63.2 cm³/mol. The Morgan fingerprint density at radius 1 is 1.41 bits per heavy atom. The van der Waals surface area contributed by atoms with Crippen molar-refractivity contribution in [2.24, 2.45) is 10.9 Å². The van der Waals surface area contributed by atoms with Gasteiger partial charge < -0.3 is 15.1 Å². The van der Waals surface area contributed by atoms with E-state index in [0.717, 1.165) is 6.29 Å². The van der Waals surface area contributed by atoms with Crippen molar-refractivity contribution in [3.05, 3.63) is 24.0 Å². The van der Waals surface area contributed by atoms with Crippen molar-refractivity contribution in [1.29, 1.82) is 0 Å². The Hall–Kier alpha value is -1.46. The first-order valence-electron chi connectivity index (χ1n) is 5.69. The minimum Gasteiger partial charge on any atom is -0.390 e. The Morgan fingerprint density at radius 3 is 2.76 bits per heavy atom. The van der Waals surface area contributed by atoms with E-state index in [0.29, 0.717) is 25.2 Å². The van der Waals surface area contributed by atoms with Crippen molar-refractivity contribution in [1.82, 2.24) is 4.90 Å². The van der Waals surface area contributed by atoms with Crippen LogP contribution in [-0.4, -0.2) is 46.5 Å². The average Bonchev–Trinajstić information content (AvgIpc) is 2.68. The van der Waals surface area contributed by atoms with Gasteiger partial charge in [-0.15, -0.1) is 0 Å². The molecule has 0 aromatic rings. The lowest BCUT2D eigenvalue weighted by Crippen LogP contribution is -2.26. The van der Waals surface area contributed by atoms with Crippen molar-refractivity contribution in [2.75, 3.05) is 6.67 Å². The molecule has 1 saturated carbocycles. The molecule has 3 unspecified atom stereocenters. The molecule has 92 valence electrons. The van der Waals surface area contributed by atoms with Gasteiger partial charge in [0, 0.05) is 18.3 Å². The summed E-state index contributed by atoms with van der Waals surface area (Å²) in [6.45, 7) is 0.409. The van der Waals surface area contributed by atoms with Crippen molar-refractivity contribution in [3.63, 3.8) is 0 Å². The van der Waals surface area contributed by atoms with Crippen LogP contribution >= 0.6 is 0 Å². The van der Waals surface area contributed by atoms with E-state index in [4.69, 9.17) is 0 Å². The van der Waals surface area contributed by atoms with Gasteiger partial charge in [-0.05, 0) is 18.9 Å². The van der Waals surface area contributed by atoms with Gasteiger partial charge in [0.15, 0.2) is 6.29 Å². The van der Waals surface area contributed by atoms with Gasteiger partial charge in [0.2, 0.25) is 0 Å². The molecule has 0 spiro atoms. The summed E-state index contributed by atoms with van der Waals surface area (Å²) in [7, 11) is 0. The number of hydrogen-bond donors (Lipinski definition) is 2. The molecule has 1 heterocycles. The number of nitrogens with zero attached hydrogens (tertiary/aromatic N) is 2. The number of aliphatic hydroxyl groups excluding tert-OH is 2. The number of allylic oxidation sites excluding steroid dienone is 2. The molecule has 1 aliphatic carbocycles. The molecule has 5 heteroatoms. The molecular formula is C12H16N2O3. The zero-order valence-electron chi connectivity index (χ0n) is 9.44. The van der Waals surface area contributed by atoms with E-state index in [2.05, 4.69) is 4.99 Å². The maximum absolute atomic E-state index is 11.0. The molecular weight excluding hydrogens is 220 g/mol. The van der Waals surface area contributed by atoms with E-state index in [-0.39, 0.29) is 5.92 Å². The molecule has 0 saturated heterocycles. The summed E-state index contributed by atoms with van der Waals surface area (Å²) in [4.78, 5) is 16.8. The molecule has 1 fully saturated rings. The number of rotatable bonds is 3. The van der Waals surface area contributed by atoms with E-state index in [1.54, 1.807) is 29.5 Å². The molecule has 2 N–H and O–H groups in total. The number of carbonyl (C=O) groups is 1. The fraction of sp³-hybridized carbons (Fsp3) is 0.500. The second-order valence-electron chi connectivity index (χ2n) is 4.29. The third-order valence-electron chi connectivity index (χ3n) is 3.16. The first-order valence-corrected chi connectivity index (χ1v) is 5.69. The molecule has 1 aliphatic heterocycles. The maximum Gasteiger partial charge on any atom is 0.166 e. The Kier molecular flexibility index (Phi) is 3.71. The SMILES string of the molecule is O=C/C(=C\C1CCC(O)C1O)N1C=CC=NC1. The molecule has 0 bridgehead atoms. The topological polar surface area (TPSA) is 73.1 Å². The van der Waals surface area contributed by atoms with E-state index in [1.165, 1.54) is 0 Å². The largest absolute Gasteiger partial charge is 0.390 e. The second-order valence-corrected chi connectivity index (χ2v) is 4.29. The number of aliphatic hydroxyl groups is 2. The molecule has 0 aromatic carbocycles. The minimum atomic E-state index is -0.776. The van der Waals surface area contributed by atoms with Gasteiger partial charge in [0.1, 0.15) is 6.67 Å². The Morgan fingerprint density at radius 2 is 2.24 bits per heavy atom. The van der Waals surface area contributed by atoms with Crippen LogP contribution in [0.25, 0.3) is 0 Å². The molecule has 2 aliphatic rings. The van der Waals surface area contributed by atoms with Crippen LogP contribution < -0.4 is 0 Å². The average molecular weight is 236 g/mol. The van der Waals surface area contributed by atoms with Crippen LogP contribution in [-0.2, 0) is 4.79 Å². The highest BCUT2D eigenvalue weighted by Crippen LogP contribution is 2.28. The first kappa shape index (κ1) is 12.0. The molecule has 2 rings (SSSR count). The van der Waals surface area contributed by atoms with Crippen molar-refractivity contribution < 1.29 is 15.0 Å². The number of aliphatic imine (C=N–C) groups is 1. The van der Waals surface area contributed by atoms with E-state index < -0.39 is 12.2 Å². The third-order valence-corrected chi connectivity index (χ3v) is 3.16. The van der Waals surface area contributed by atoms with E-state index >= 15 is 0 Å². The molecule has 0 aromatic heterocycles. The summed E-state index contributed by atoms with van der Waals surface area (Å²) < 4.78 is 0. The summed E-state index contributed by atoms with van der Waals surface area (Å²) in [5, 5.41) is 19.2. The van der Waals surface area contributed by atoms with E-state index in [9.17, 15) is 15.0 Å². The van der Waals surface area contributed by atoms with Gasteiger partial charge in [-0.3, -0.25) is 9.79 Å². The maximum atomic E-state index is 11.0. The Bertz CT molecular complexity index is 376. The fourth-order valence-electron chi connectivity index (χ4n) is 2.15. The lowest BCUT2D eigenvalue weighted by Gasteiger charge is -2.21. The fourth-order valence-corrected chi connectivity index (χ4v) is 2.15. The molecule has 3 atom stereocenters. The molecule has 0 radical (unpaired) electrons. The van der Waals surface area contributed by atoms with Gasteiger partial charge >= 0.3 is 0 Å². The smallest absolute Gasteiger partial charge is 0.166 e. The minimum absolute atomic E-state index is 0.162. The second kappa shape index (κ2) is 5.25. The molecule has 0 amide bonds. The van der Waals surface area contributed by atoms with Crippen LogP contribution in [0.4, 0.5) is 0 Å². The Labute approximate surface area is 99.8 Å². The van der Waals surface area contributed by atoms with Crippen LogP contribution in [0.3, 0.4) is 0 Å². The Balaban J connectivity index is 2.10. The van der Waals surface area contributed by atoms with Gasteiger partial charge in [0.25, 0.3) is 0 Å². The number of aldehydes is 1. The monoisotopic (exact) mass is 236 g/mol. The number of hydrogen-bond acceptors (Lipinski definition) is 5. The van der Waals surface area contributed by atoms with Gasteiger partial charge in [-0.2, -0.15) is 0 Å². The highest BCUT2D eigenvalue weighted by molar-refractivity contribution is 5.75. The summed E-state index contributed by atoms with van der Waals surface area (Å²) in [6.07, 6.45) is 7.48. The van der Waals surface area contributed by atoms with Crippen LogP contribution in [0.15, 0.2) is 29.0 Å². The van der Waals surface area contributed by atoms with Crippen LogP contribution in [0.1, 0.15) is 12.8 Å².